The summed E-state index contributed by atoms with van der Waals surface area (Å²) in [5.41, 5.74) is 3.26. The first-order valence-electron chi connectivity index (χ1n) is 10.8. The summed E-state index contributed by atoms with van der Waals surface area (Å²) < 4.78 is 1.79. The normalized spacial score (nSPS) is 23.4. The predicted molar refractivity (Wildman–Crippen MR) is 111 cm³/mol. The van der Waals surface area contributed by atoms with Crippen molar-refractivity contribution in [3.63, 3.8) is 0 Å². The minimum atomic E-state index is 0.0767. The summed E-state index contributed by atoms with van der Waals surface area (Å²) in [6.45, 7) is 12.8. The predicted octanol–water partition coefficient (Wildman–Crippen LogP) is 3.32. The molecule has 2 aliphatic rings. The van der Waals surface area contributed by atoms with E-state index >= 15 is 0 Å². The maximum Gasteiger partial charge on any atom is 0.274 e. The fraction of sp³-hybridized carbons (Fsp3) is 0.682. The second-order valence-corrected chi connectivity index (χ2v) is 9.08. The van der Waals surface area contributed by atoms with Crippen LogP contribution >= 0.6 is 0 Å². The zero-order chi connectivity index (χ0) is 19.8. The third-order valence-corrected chi connectivity index (χ3v) is 6.39. The Hall–Kier alpha value is -1.95. The zero-order valence-electron chi connectivity index (χ0n) is 17.7. The van der Waals surface area contributed by atoms with Gasteiger partial charge in [0.2, 0.25) is 0 Å². The van der Waals surface area contributed by atoms with Gasteiger partial charge in [-0.1, -0.05) is 13.8 Å². The number of hydrogen-bond acceptors (Lipinski definition) is 4. The van der Waals surface area contributed by atoms with Crippen LogP contribution in [0.1, 0.15) is 61.4 Å². The van der Waals surface area contributed by atoms with Gasteiger partial charge >= 0.3 is 0 Å². The number of aryl methyl sites for hydroxylation is 2. The van der Waals surface area contributed by atoms with Crippen LogP contribution < -0.4 is 0 Å². The van der Waals surface area contributed by atoms with E-state index in [4.69, 9.17) is 0 Å². The number of fused-ring (bicyclic) bond motifs is 2. The van der Waals surface area contributed by atoms with Crippen molar-refractivity contribution in [3.8, 4) is 0 Å². The van der Waals surface area contributed by atoms with Gasteiger partial charge in [-0.3, -0.25) is 4.79 Å². The standard InChI is InChI=1S/C22H33N5O/c1-15(2)7-10-25-11-8-20-18(14-25)6-5-9-26(20)22(28)19-13-21-23-16(3)12-17(4)27(21)24-19/h12-13,15,18,20H,5-11,14H2,1-4H3/t18-,20-/m1/s1. The van der Waals surface area contributed by atoms with Gasteiger partial charge in [0.1, 0.15) is 0 Å². The van der Waals surface area contributed by atoms with Gasteiger partial charge in [0.25, 0.3) is 5.91 Å². The van der Waals surface area contributed by atoms with E-state index in [1.54, 1.807) is 4.52 Å². The Balaban J connectivity index is 1.50. The molecule has 2 fully saturated rings. The van der Waals surface area contributed by atoms with Crippen molar-refractivity contribution in [1.82, 2.24) is 24.4 Å². The minimum Gasteiger partial charge on any atom is -0.334 e. The van der Waals surface area contributed by atoms with Crippen LogP contribution in [0.5, 0.6) is 0 Å². The molecule has 2 aliphatic heterocycles. The van der Waals surface area contributed by atoms with Crippen LogP contribution in [0.2, 0.25) is 0 Å². The number of hydrogen-bond donors (Lipinski definition) is 0. The Bertz CT molecular complexity index is 858. The van der Waals surface area contributed by atoms with E-state index in [0.29, 0.717) is 17.7 Å². The average molecular weight is 384 g/mol. The molecule has 0 N–H and O–H groups in total. The second kappa shape index (κ2) is 7.82. The van der Waals surface area contributed by atoms with E-state index in [9.17, 15) is 4.79 Å². The van der Waals surface area contributed by atoms with Gasteiger partial charge in [0.15, 0.2) is 11.3 Å². The van der Waals surface area contributed by atoms with Gasteiger partial charge < -0.3 is 9.80 Å². The van der Waals surface area contributed by atoms with E-state index < -0.39 is 0 Å². The molecule has 0 unspecified atom stereocenters. The first kappa shape index (κ1) is 19.4. The molecule has 0 aromatic carbocycles. The second-order valence-electron chi connectivity index (χ2n) is 9.08. The lowest BCUT2D eigenvalue weighted by molar-refractivity contribution is 0.0190. The highest BCUT2D eigenvalue weighted by molar-refractivity contribution is 5.93. The summed E-state index contributed by atoms with van der Waals surface area (Å²) in [6, 6.07) is 4.21. The molecule has 0 saturated carbocycles. The van der Waals surface area contributed by atoms with Crippen LogP contribution in [0, 0.1) is 25.7 Å². The fourth-order valence-electron chi connectivity index (χ4n) is 4.91. The molecule has 28 heavy (non-hydrogen) atoms. The number of carbonyl (C=O) groups is 1. The Morgan fingerprint density at radius 1 is 1.21 bits per heavy atom. The molecule has 0 aliphatic carbocycles. The largest absolute Gasteiger partial charge is 0.334 e. The highest BCUT2D eigenvalue weighted by Gasteiger charge is 2.38. The molecule has 2 aromatic rings. The first-order valence-corrected chi connectivity index (χ1v) is 10.8. The summed E-state index contributed by atoms with van der Waals surface area (Å²) in [5, 5.41) is 4.58. The van der Waals surface area contributed by atoms with Gasteiger partial charge in [0.05, 0.1) is 0 Å². The van der Waals surface area contributed by atoms with Crippen molar-refractivity contribution < 1.29 is 4.79 Å². The maximum atomic E-state index is 13.3. The highest BCUT2D eigenvalue weighted by Crippen LogP contribution is 2.32. The summed E-state index contributed by atoms with van der Waals surface area (Å²) >= 11 is 0. The third-order valence-electron chi connectivity index (χ3n) is 6.39. The van der Waals surface area contributed by atoms with Crippen LogP contribution in [0.15, 0.2) is 12.1 Å². The minimum absolute atomic E-state index is 0.0767. The number of likely N-dealkylation sites (tertiary alicyclic amines) is 2. The number of rotatable bonds is 4. The average Bonchev–Trinajstić information content (AvgIpc) is 3.09. The molecule has 6 heteroatoms. The van der Waals surface area contributed by atoms with Crippen molar-refractivity contribution in [3.05, 3.63) is 29.2 Å². The molecule has 4 heterocycles. The molecule has 2 saturated heterocycles. The smallest absolute Gasteiger partial charge is 0.274 e. The van der Waals surface area contributed by atoms with E-state index in [2.05, 4.69) is 33.7 Å². The Kier molecular flexibility index (Phi) is 5.41. The zero-order valence-corrected chi connectivity index (χ0v) is 17.7. The van der Waals surface area contributed by atoms with Crippen LogP contribution in [-0.2, 0) is 0 Å². The number of amides is 1. The summed E-state index contributed by atoms with van der Waals surface area (Å²) in [7, 11) is 0. The molecule has 0 bridgehead atoms. The molecule has 4 rings (SSSR count). The topological polar surface area (TPSA) is 53.7 Å². The molecular weight excluding hydrogens is 350 g/mol. The van der Waals surface area contributed by atoms with Crippen molar-refractivity contribution >= 4 is 11.6 Å². The number of aromatic nitrogens is 3. The Morgan fingerprint density at radius 2 is 2.04 bits per heavy atom. The van der Waals surface area contributed by atoms with Crippen LogP contribution in [0.3, 0.4) is 0 Å². The maximum absolute atomic E-state index is 13.3. The van der Waals surface area contributed by atoms with E-state index in [1.165, 1.54) is 19.4 Å². The highest BCUT2D eigenvalue weighted by atomic mass is 16.2. The molecule has 152 valence electrons. The molecular formula is C22H33N5O. The quantitative estimate of drug-likeness (QED) is 0.813. The monoisotopic (exact) mass is 383 g/mol. The van der Waals surface area contributed by atoms with Crippen LogP contribution in [0.4, 0.5) is 0 Å². The van der Waals surface area contributed by atoms with Crippen molar-refractivity contribution in [2.45, 2.75) is 59.4 Å². The number of piperidine rings is 2. The Labute approximate surface area is 167 Å². The van der Waals surface area contributed by atoms with Crippen LogP contribution in [-0.4, -0.2) is 62.5 Å². The van der Waals surface area contributed by atoms with Crippen LogP contribution in [0.25, 0.3) is 5.65 Å². The van der Waals surface area contributed by atoms with Crippen molar-refractivity contribution in [1.29, 1.82) is 0 Å². The van der Waals surface area contributed by atoms with Gasteiger partial charge in [-0.15, -0.1) is 0 Å². The van der Waals surface area contributed by atoms with Crippen molar-refractivity contribution in [2.75, 3.05) is 26.2 Å². The SMILES string of the molecule is Cc1cc(C)n2nc(C(=O)N3CCC[C@@H]4CN(CCC(C)C)CC[C@H]43)cc2n1. The number of carbonyl (C=O) groups excluding carboxylic acids is 1. The summed E-state index contributed by atoms with van der Waals surface area (Å²) in [6.07, 6.45) is 4.66. The van der Waals surface area contributed by atoms with E-state index in [0.717, 1.165) is 55.4 Å². The molecule has 1 amide bonds. The number of nitrogens with zero attached hydrogens (tertiary/aromatic N) is 5. The van der Waals surface area contributed by atoms with Gasteiger partial charge in [-0.2, -0.15) is 5.10 Å². The van der Waals surface area contributed by atoms with Gasteiger partial charge in [-0.05, 0) is 64.0 Å². The lowest BCUT2D eigenvalue weighted by Crippen LogP contribution is -2.55. The lowest BCUT2D eigenvalue weighted by atomic mass is 9.83. The lowest BCUT2D eigenvalue weighted by Gasteiger charge is -2.47. The first-order chi connectivity index (χ1) is 13.4. The summed E-state index contributed by atoms with van der Waals surface area (Å²) in [4.78, 5) is 22.6. The summed E-state index contributed by atoms with van der Waals surface area (Å²) in [5.74, 6) is 1.42. The third kappa shape index (κ3) is 3.79. The van der Waals surface area contributed by atoms with Gasteiger partial charge in [-0.25, -0.2) is 9.50 Å². The molecule has 0 spiro atoms. The molecule has 2 atom stereocenters. The molecule has 2 aromatic heterocycles. The van der Waals surface area contributed by atoms with E-state index in [1.807, 2.05) is 26.0 Å². The Morgan fingerprint density at radius 3 is 2.82 bits per heavy atom. The van der Waals surface area contributed by atoms with E-state index in [-0.39, 0.29) is 5.91 Å². The fourth-order valence-corrected chi connectivity index (χ4v) is 4.91. The molecule has 6 nitrogen and oxygen atoms in total. The van der Waals surface area contributed by atoms with Crippen molar-refractivity contribution in [2.24, 2.45) is 11.8 Å². The van der Waals surface area contributed by atoms with Gasteiger partial charge in [0, 0.05) is 43.1 Å². The molecule has 0 radical (unpaired) electrons.